The Bertz CT molecular complexity index is 999. The Kier molecular flexibility index (Phi) is 4.92. The monoisotopic (exact) mass is 380 g/mol. The SMILES string of the molecule is O=C(CNC(=O)c1ccccc1)OCc1cc(-c2ccc3c(c2)OCO3)on1. The van der Waals surface area contributed by atoms with Crippen LogP contribution in [0, 0.1) is 0 Å². The molecule has 8 nitrogen and oxygen atoms in total. The Morgan fingerprint density at radius 3 is 2.71 bits per heavy atom. The largest absolute Gasteiger partial charge is 0.458 e. The Labute approximate surface area is 160 Å². The molecule has 2 aromatic carbocycles. The van der Waals surface area contributed by atoms with Crippen molar-refractivity contribution in [1.82, 2.24) is 10.5 Å². The predicted octanol–water partition coefficient (Wildman–Crippen LogP) is 2.54. The average molecular weight is 380 g/mol. The average Bonchev–Trinajstić information content (AvgIpc) is 3.39. The second-order valence-electron chi connectivity index (χ2n) is 5.96. The molecule has 1 amide bonds. The third kappa shape index (κ3) is 3.96. The zero-order valence-electron chi connectivity index (χ0n) is 14.7. The van der Waals surface area contributed by atoms with E-state index in [0.717, 1.165) is 5.56 Å². The van der Waals surface area contributed by atoms with Gasteiger partial charge < -0.3 is 24.1 Å². The number of carbonyl (C=O) groups is 2. The van der Waals surface area contributed by atoms with Gasteiger partial charge >= 0.3 is 5.97 Å². The standard InChI is InChI=1S/C20H16N2O6/c23-19(10-21-20(24)13-4-2-1-3-5-13)25-11-15-9-17(28-22-15)14-6-7-16-18(8-14)27-12-26-16/h1-9H,10-12H2,(H,21,24). The molecular weight excluding hydrogens is 364 g/mol. The van der Waals surface area contributed by atoms with E-state index in [-0.39, 0.29) is 25.9 Å². The van der Waals surface area contributed by atoms with E-state index in [0.29, 0.717) is 28.5 Å². The van der Waals surface area contributed by atoms with Crippen molar-refractivity contribution in [1.29, 1.82) is 0 Å². The molecule has 0 aliphatic carbocycles. The molecule has 1 aromatic heterocycles. The van der Waals surface area contributed by atoms with E-state index in [1.165, 1.54) is 0 Å². The first kappa shape index (κ1) is 17.6. The van der Waals surface area contributed by atoms with Crippen LogP contribution in [0.25, 0.3) is 11.3 Å². The lowest BCUT2D eigenvalue weighted by Crippen LogP contribution is -2.30. The number of nitrogens with zero attached hydrogens (tertiary/aromatic N) is 1. The number of carbonyl (C=O) groups excluding carboxylic acids is 2. The lowest BCUT2D eigenvalue weighted by Gasteiger charge is -2.05. The number of ether oxygens (including phenoxy) is 3. The molecule has 0 bridgehead atoms. The van der Waals surface area contributed by atoms with Crippen molar-refractivity contribution in [2.45, 2.75) is 6.61 Å². The summed E-state index contributed by atoms with van der Waals surface area (Å²) in [4.78, 5) is 23.7. The van der Waals surface area contributed by atoms with Crippen LogP contribution in [0.1, 0.15) is 16.1 Å². The quantitative estimate of drug-likeness (QED) is 0.656. The highest BCUT2D eigenvalue weighted by Crippen LogP contribution is 2.36. The van der Waals surface area contributed by atoms with Crippen molar-refractivity contribution < 1.29 is 28.3 Å². The summed E-state index contributed by atoms with van der Waals surface area (Å²) in [6, 6.07) is 15.7. The molecule has 0 atom stereocenters. The molecular formula is C20H16N2O6. The van der Waals surface area contributed by atoms with Gasteiger partial charge in [0, 0.05) is 17.2 Å². The van der Waals surface area contributed by atoms with Crippen LogP contribution in [-0.2, 0) is 16.1 Å². The lowest BCUT2D eigenvalue weighted by atomic mass is 10.1. The highest BCUT2D eigenvalue weighted by molar-refractivity contribution is 5.95. The molecule has 0 radical (unpaired) electrons. The summed E-state index contributed by atoms with van der Waals surface area (Å²) in [5, 5.41) is 6.40. The number of aromatic nitrogens is 1. The van der Waals surface area contributed by atoms with E-state index < -0.39 is 5.97 Å². The van der Waals surface area contributed by atoms with Crippen molar-refractivity contribution in [3.63, 3.8) is 0 Å². The van der Waals surface area contributed by atoms with Gasteiger partial charge in [-0.2, -0.15) is 0 Å². The fourth-order valence-corrected chi connectivity index (χ4v) is 2.62. The number of nitrogens with one attached hydrogen (secondary N) is 1. The van der Waals surface area contributed by atoms with E-state index in [9.17, 15) is 9.59 Å². The van der Waals surface area contributed by atoms with Gasteiger partial charge in [0.2, 0.25) is 6.79 Å². The van der Waals surface area contributed by atoms with Gasteiger partial charge in [-0.1, -0.05) is 23.4 Å². The number of rotatable bonds is 6. The van der Waals surface area contributed by atoms with Crippen LogP contribution in [0.2, 0.25) is 0 Å². The molecule has 1 aliphatic rings. The zero-order valence-corrected chi connectivity index (χ0v) is 14.7. The van der Waals surface area contributed by atoms with Crippen LogP contribution in [0.4, 0.5) is 0 Å². The molecule has 2 heterocycles. The molecule has 3 aromatic rings. The van der Waals surface area contributed by atoms with Gasteiger partial charge in [0.05, 0.1) is 0 Å². The van der Waals surface area contributed by atoms with E-state index in [1.54, 1.807) is 48.5 Å². The minimum atomic E-state index is -0.572. The summed E-state index contributed by atoms with van der Waals surface area (Å²) < 4.78 is 21.0. The molecule has 1 N–H and O–H groups in total. The normalized spacial score (nSPS) is 11.9. The first-order valence-electron chi connectivity index (χ1n) is 8.53. The van der Waals surface area contributed by atoms with Crippen molar-refractivity contribution in [3.8, 4) is 22.8 Å². The molecule has 0 fully saturated rings. The summed E-state index contributed by atoms with van der Waals surface area (Å²) >= 11 is 0. The molecule has 28 heavy (non-hydrogen) atoms. The molecule has 0 spiro atoms. The maximum absolute atomic E-state index is 11.9. The minimum Gasteiger partial charge on any atom is -0.458 e. The van der Waals surface area contributed by atoms with Gasteiger partial charge in [-0.3, -0.25) is 9.59 Å². The highest BCUT2D eigenvalue weighted by atomic mass is 16.7. The zero-order chi connectivity index (χ0) is 19.3. The van der Waals surface area contributed by atoms with Crippen LogP contribution in [-0.4, -0.2) is 30.4 Å². The number of fused-ring (bicyclic) bond motifs is 1. The Hall–Kier alpha value is -3.81. The fourth-order valence-electron chi connectivity index (χ4n) is 2.62. The number of amides is 1. The molecule has 8 heteroatoms. The van der Waals surface area contributed by atoms with Gasteiger partial charge in [-0.05, 0) is 30.3 Å². The minimum absolute atomic E-state index is 0.0614. The van der Waals surface area contributed by atoms with Gasteiger partial charge in [0.1, 0.15) is 18.8 Å². The van der Waals surface area contributed by atoms with Crippen molar-refractivity contribution >= 4 is 11.9 Å². The van der Waals surface area contributed by atoms with Gasteiger partial charge in [-0.15, -0.1) is 0 Å². The van der Waals surface area contributed by atoms with Crippen LogP contribution in [0.5, 0.6) is 11.5 Å². The first-order valence-corrected chi connectivity index (χ1v) is 8.53. The molecule has 0 saturated carbocycles. The van der Waals surface area contributed by atoms with Crippen LogP contribution >= 0.6 is 0 Å². The fraction of sp³-hybridized carbons (Fsp3) is 0.150. The third-order valence-corrected chi connectivity index (χ3v) is 4.03. The summed E-state index contributed by atoms with van der Waals surface area (Å²) in [5.41, 5.74) is 1.69. The number of benzene rings is 2. The van der Waals surface area contributed by atoms with Crippen molar-refractivity contribution in [2.24, 2.45) is 0 Å². The molecule has 0 unspecified atom stereocenters. The predicted molar refractivity (Wildman–Crippen MR) is 96.6 cm³/mol. The van der Waals surface area contributed by atoms with Crippen LogP contribution < -0.4 is 14.8 Å². The molecule has 142 valence electrons. The number of esters is 1. The lowest BCUT2D eigenvalue weighted by molar-refractivity contribution is -0.143. The van der Waals surface area contributed by atoms with Gasteiger partial charge in [0.15, 0.2) is 17.3 Å². The summed E-state index contributed by atoms with van der Waals surface area (Å²) in [5.74, 6) is 0.911. The van der Waals surface area contributed by atoms with Crippen molar-refractivity contribution in [3.05, 3.63) is 65.9 Å². The number of hydrogen-bond acceptors (Lipinski definition) is 7. The highest BCUT2D eigenvalue weighted by Gasteiger charge is 2.16. The Balaban J connectivity index is 1.28. The first-order chi connectivity index (χ1) is 13.7. The van der Waals surface area contributed by atoms with E-state index in [1.807, 2.05) is 6.07 Å². The summed E-state index contributed by atoms with van der Waals surface area (Å²) in [7, 11) is 0. The molecule has 1 aliphatic heterocycles. The van der Waals surface area contributed by atoms with Crippen LogP contribution in [0.3, 0.4) is 0 Å². The van der Waals surface area contributed by atoms with E-state index in [2.05, 4.69) is 10.5 Å². The Morgan fingerprint density at radius 1 is 1.04 bits per heavy atom. The maximum atomic E-state index is 11.9. The topological polar surface area (TPSA) is 99.9 Å². The molecule has 0 saturated heterocycles. The van der Waals surface area contributed by atoms with Gasteiger partial charge in [0.25, 0.3) is 5.91 Å². The third-order valence-electron chi connectivity index (χ3n) is 4.03. The number of hydrogen-bond donors (Lipinski definition) is 1. The molecule has 4 rings (SSSR count). The maximum Gasteiger partial charge on any atom is 0.325 e. The summed E-state index contributed by atoms with van der Waals surface area (Å²) in [6.45, 7) is -0.105. The van der Waals surface area contributed by atoms with Crippen LogP contribution in [0.15, 0.2) is 59.1 Å². The second kappa shape index (κ2) is 7.83. The van der Waals surface area contributed by atoms with Crippen molar-refractivity contribution in [2.75, 3.05) is 13.3 Å². The van der Waals surface area contributed by atoms with Gasteiger partial charge in [-0.25, -0.2) is 0 Å². The smallest absolute Gasteiger partial charge is 0.325 e. The van der Waals surface area contributed by atoms with E-state index >= 15 is 0 Å². The van der Waals surface area contributed by atoms with E-state index in [4.69, 9.17) is 18.7 Å². The second-order valence-corrected chi connectivity index (χ2v) is 5.96. The summed E-state index contributed by atoms with van der Waals surface area (Å²) in [6.07, 6.45) is 0. The Morgan fingerprint density at radius 2 is 1.86 bits per heavy atom.